The highest BCUT2D eigenvalue weighted by Crippen LogP contribution is 2.12. The predicted molar refractivity (Wildman–Crippen MR) is 98.7 cm³/mol. The molecule has 144 valence electrons. The molecule has 1 fully saturated rings. The maximum absolute atomic E-state index is 13.2. The number of benzene rings is 2. The third-order valence-corrected chi connectivity index (χ3v) is 4.19. The van der Waals surface area contributed by atoms with Crippen LogP contribution in [0.15, 0.2) is 54.6 Å². The number of hydrogen-bond donors (Lipinski definition) is 2. The van der Waals surface area contributed by atoms with Gasteiger partial charge in [-0.25, -0.2) is 14.0 Å². The normalized spacial score (nSPS) is 14.9. The summed E-state index contributed by atoms with van der Waals surface area (Å²) < 4.78 is 13.2. The first-order valence-electron chi connectivity index (χ1n) is 8.63. The number of nitrogens with zero attached hydrogens (tertiary/aromatic N) is 2. The Kier molecular flexibility index (Phi) is 7.91. The van der Waals surface area contributed by atoms with Crippen molar-refractivity contribution in [1.29, 1.82) is 0 Å². The molecule has 2 N–H and O–H groups in total. The minimum atomic E-state index is -1.82. The molecule has 1 heterocycles. The molecule has 27 heavy (non-hydrogen) atoms. The van der Waals surface area contributed by atoms with Gasteiger partial charge in [-0.05, 0) is 23.3 Å². The zero-order chi connectivity index (χ0) is 19.6. The molecule has 0 bridgehead atoms. The molecule has 0 aromatic heterocycles. The second-order valence-electron chi connectivity index (χ2n) is 6.28. The molecule has 6 nitrogen and oxygen atoms in total. The van der Waals surface area contributed by atoms with Crippen molar-refractivity contribution >= 4 is 11.9 Å². The van der Waals surface area contributed by atoms with Crippen LogP contribution in [0.3, 0.4) is 0 Å². The van der Waals surface area contributed by atoms with Crippen molar-refractivity contribution < 1.29 is 24.2 Å². The van der Waals surface area contributed by atoms with Gasteiger partial charge in [0.2, 0.25) is 0 Å². The second-order valence-corrected chi connectivity index (χ2v) is 6.28. The molecule has 1 aliphatic heterocycles. The Labute approximate surface area is 157 Å². The molecule has 0 amide bonds. The molecule has 0 atom stereocenters. The molecule has 0 radical (unpaired) electrons. The first-order chi connectivity index (χ1) is 12.9. The van der Waals surface area contributed by atoms with E-state index in [9.17, 15) is 4.39 Å². The van der Waals surface area contributed by atoms with E-state index in [0.29, 0.717) is 0 Å². The highest BCUT2D eigenvalue weighted by Gasteiger charge is 2.17. The minimum absolute atomic E-state index is 0.143. The first-order valence-corrected chi connectivity index (χ1v) is 8.63. The average molecular weight is 374 g/mol. The van der Waals surface area contributed by atoms with Crippen LogP contribution in [-0.2, 0) is 22.7 Å². The number of halogens is 1. The fourth-order valence-corrected chi connectivity index (χ4v) is 2.84. The number of rotatable bonds is 4. The van der Waals surface area contributed by atoms with Crippen LogP contribution in [0.25, 0.3) is 0 Å². The van der Waals surface area contributed by atoms with E-state index in [4.69, 9.17) is 19.8 Å². The van der Waals surface area contributed by atoms with E-state index in [1.54, 1.807) is 12.1 Å². The van der Waals surface area contributed by atoms with Crippen molar-refractivity contribution in [3.05, 3.63) is 71.5 Å². The van der Waals surface area contributed by atoms with E-state index in [-0.39, 0.29) is 5.82 Å². The summed E-state index contributed by atoms with van der Waals surface area (Å²) in [4.78, 5) is 23.1. The Morgan fingerprint density at radius 1 is 0.778 bits per heavy atom. The van der Waals surface area contributed by atoms with Crippen LogP contribution >= 0.6 is 0 Å². The SMILES string of the molecule is Fc1cccc(CN2CCN(Cc3ccccc3)CC2)c1.O=C(O)C(=O)O. The lowest BCUT2D eigenvalue weighted by Crippen LogP contribution is -2.45. The van der Waals surface area contributed by atoms with Crippen LogP contribution in [0.1, 0.15) is 11.1 Å². The van der Waals surface area contributed by atoms with Crippen molar-refractivity contribution in [2.24, 2.45) is 0 Å². The van der Waals surface area contributed by atoms with Crippen LogP contribution in [0.5, 0.6) is 0 Å². The molecule has 2 aromatic carbocycles. The number of hydrogen-bond acceptors (Lipinski definition) is 4. The Morgan fingerprint density at radius 2 is 1.26 bits per heavy atom. The summed E-state index contributed by atoms with van der Waals surface area (Å²) in [6.45, 7) is 6.10. The van der Waals surface area contributed by atoms with Gasteiger partial charge in [0.15, 0.2) is 0 Å². The first kappa shape index (κ1) is 20.5. The smallest absolute Gasteiger partial charge is 0.414 e. The van der Waals surface area contributed by atoms with Crippen LogP contribution in [0, 0.1) is 5.82 Å². The van der Waals surface area contributed by atoms with Gasteiger partial charge in [0.25, 0.3) is 0 Å². The third-order valence-electron chi connectivity index (χ3n) is 4.19. The standard InChI is InChI=1S/C18H21FN2.C2H2O4/c19-18-8-4-7-17(13-18)15-21-11-9-20(10-12-21)14-16-5-2-1-3-6-16;3-1(4)2(5)6/h1-8,13H,9-12,14-15H2;(H,3,4)(H,5,6). The van der Waals surface area contributed by atoms with Crippen molar-refractivity contribution in [2.45, 2.75) is 13.1 Å². The molecular weight excluding hydrogens is 351 g/mol. The number of aliphatic carboxylic acids is 2. The molecule has 0 saturated carbocycles. The molecule has 0 aliphatic carbocycles. The van der Waals surface area contributed by atoms with E-state index >= 15 is 0 Å². The number of carboxylic acids is 2. The molecule has 3 rings (SSSR count). The summed E-state index contributed by atoms with van der Waals surface area (Å²) >= 11 is 0. The van der Waals surface area contributed by atoms with Gasteiger partial charge < -0.3 is 10.2 Å². The Hall–Kier alpha value is -2.77. The summed E-state index contributed by atoms with van der Waals surface area (Å²) in [6, 6.07) is 17.5. The van der Waals surface area contributed by atoms with Crippen LogP contribution < -0.4 is 0 Å². The van der Waals surface area contributed by atoms with Gasteiger partial charge in [0.05, 0.1) is 0 Å². The zero-order valence-electron chi connectivity index (χ0n) is 14.9. The maximum Gasteiger partial charge on any atom is 0.414 e. The number of carbonyl (C=O) groups is 2. The monoisotopic (exact) mass is 374 g/mol. The Balaban J connectivity index is 0.000000380. The summed E-state index contributed by atoms with van der Waals surface area (Å²) in [6.07, 6.45) is 0. The van der Waals surface area contributed by atoms with Crippen LogP contribution in [-0.4, -0.2) is 58.1 Å². The maximum atomic E-state index is 13.2. The highest BCUT2D eigenvalue weighted by atomic mass is 19.1. The highest BCUT2D eigenvalue weighted by molar-refractivity contribution is 6.27. The van der Waals surface area contributed by atoms with E-state index in [1.807, 2.05) is 6.07 Å². The van der Waals surface area contributed by atoms with Crippen molar-refractivity contribution in [2.75, 3.05) is 26.2 Å². The summed E-state index contributed by atoms with van der Waals surface area (Å²) in [5.74, 6) is -3.79. The molecular formula is C20H23FN2O4. The van der Waals surface area contributed by atoms with Crippen molar-refractivity contribution in [3.8, 4) is 0 Å². The Morgan fingerprint density at radius 3 is 1.74 bits per heavy atom. The van der Waals surface area contributed by atoms with Crippen LogP contribution in [0.2, 0.25) is 0 Å². The molecule has 0 spiro atoms. The third kappa shape index (κ3) is 7.55. The van der Waals surface area contributed by atoms with Crippen LogP contribution in [0.4, 0.5) is 4.39 Å². The van der Waals surface area contributed by atoms with E-state index in [0.717, 1.165) is 44.8 Å². The largest absolute Gasteiger partial charge is 0.473 e. The summed E-state index contributed by atoms with van der Waals surface area (Å²) in [7, 11) is 0. The average Bonchev–Trinajstić information content (AvgIpc) is 2.65. The molecule has 7 heteroatoms. The van der Waals surface area contributed by atoms with E-state index < -0.39 is 11.9 Å². The van der Waals surface area contributed by atoms with Gasteiger partial charge in [-0.1, -0.05) is 42.5 Å². The second kappa shape index (κ2) is 10.4. The fourth-order valence-electron chi connectivity index (χ4n) is 2.84. The molecule has 1 aliphatic rings. The molecule has 1 saturated heterocycles. The lowest BCUT2D eigenvalue weighted by Gasteiger charge is -2.34. The quantitative estimate of drug-likeness (QED) is 0.800. The van der Waals surface area contributed by atoms with Gasteiger partial charge in [-0.15, -0.1) is 0 Å². The number of carboxylic acid groups (broad SMARTS) is 2. The van der Waals surface area contributed by atoms with E-state index in [2.05, 4.69) is 40.1 Å². The zero-order valence-corrected chi connectivity index (χ0v) is 14.9. The Bertz CT molecular complexity index is 735. The molecule has 0 unspecified atom stereocenters. The van der Waals surface area contributed by atoms with Gasteiger partial charge in [0, 0.05) is 39.3 Å². The van der Waals surface area contributed by atoms with E-state index in [1.165, 1.54) is 11.6 Å². The topological polar surface area (TPSA) is 81.1 Å². The number of piperazine rings is 1. The lowest BCUT2D eigenvalue weighted by molar-refractivity contribution is -0.159. The van der Waals surface area contributed by atoms with Crippen molar-refractivity contribution in [3.63, 3.8) is 0 Å². The predicted octanol–water partition coefficient (Wildman–Crippen LogP) is 2.30. The lowest BCUT2D eigenvalue weighted by atomic mass is 10.1. The van der Waals surface area contributed by atoms with Gasteiger partial charge in [-0.3, -0.25) is 9.80 Å². The summed E-state index contributed by atoms with van der Waals surface area (Å²) in [5.41, 5.74) is 2.43. The van der Waals surface area contributed by atoms with Gasteiger partial charge in [-0.2, -0.15) is 0 Å². The van der Waals surface area contributed by atoms with Gasteiger partial charge in [0.1, 0.15) is 5.82 Å². The molecule has 2 aromatic rings. The van der Waals surface area contributed by atoms with Gasteiger partial charge >= 0.3 is 11.9 Å². The minimum Gasteiger partial charge on any atom is -0.473 e. The fraction of sp³-hybridized carbons (Fsp3) is 0.300. The summed E-state index contributed by atoms with van der Waals surface area (Å²) in [5, 5.41) is 14.8. The van der Waals surface area contributed by atoms with Crippen molar-refractivity contribution in [1.82, 2.24) is 9.80 Å².